The van der Waals surface area contributed by atoms with Gasteiger partial charge in [0.25, 0.3) is 0 Å². The first-order valence-electron chi connectivity index (χ1n) is 6.92. The van der Waals surface area contributed by atoms with Crippen LogP contribution in [-0.2, 0) is 9.53 Å². The number of hydrogen-bond acceptors (Lipinski definition) is 7. The molecule has 0 amide bonds. The number of carbonyl (C=O) groups is 2. The molecule has 2 heterocycles. The van der Waals surface area contributed by atoms with Gasteiger partial charge in [-0.2, -0.15) is 0 Å². The van der Waals surface area contributed by atoms with Crippen molar-refractivity contribution >= 4 is 22.9 Å². The number of rotatable bonds is 3. The van der Waals surface area contributed by atoms with Crippen molar-refractivity contribution < 1.29 is 27.9 Å². The first kappa shape index (κ1) is 15.5. The van der Waals surface area contributed by atoms with E-state index in [4.69, 9.17) is 13.6 Å². The number of ether oxygens (including phenoxy) is 2. The van der Waals surface area contributed by atoms with Crippen molar-refractivity contribution in [2.75, 3.05) is 7.11 Å². The predicted octanol–water partition coefficient (Wildman–Crippen LogP) is 2.76. The van der Waals surface area contributed by atoms with Gasteiger partial charge in [-0.3, -0.25) is 9.59 Å². The van der Waals surface area contributed by atoms with E-state index in [1.54, 1.807) is 0 Å². The number of esters is 2. The fraction of sp³-hybridized carbons (Fsp3) is 0.118. The summed E-state index contributed by atoms with van der Waals surface area (Å²) in [6.07, 6.45) is 1.22. The molecular weight excluding hydrogens is 316 g/mol. The van der Waals surface area contributed by atoms with Crippen LogP contribution in [0.3, 0.4) is 0 Å². The fourth-order valence-corrected chi connectivity index (χ4v) is 2.20. The van der Waals surface area contributed by atoms with Crippen LogP contribution in [0.1, 0.15) is 17.5 Å². The highest BCUT2D eigenvalue weighted by Crippen LogP contribution is 2.24. The zero-order valence-corrected chi connectivity index (χ0v) is 12.8. The van der Waals surface area contributed by atoms with Gasteiger partial charge < -0.3 is 18.3 Å². The van der Waals surface area contributed by atoms with Crippen LogP contribution >= 0.6 is 0 Å². The second-order valence-corrected chi connectivity index (χ2v) is 4.89. The van der Waals surface area contributed by atoms with Gasteiger partial charge in [-0.05, 0) is 24.3 Å². The summed E-state index contributed by atoms with van der Waals surface area (Å²) in [5.41, 5.74) is 0.0940. The minimum Gasteiger partial charge on any atom is -0.463 e. The summed E-state index contributed by atoms with van der Waals surface area (Å²) in [5, 5.41) is 0.291. The SMILES string of the molecule is COC(=O)c1ccc(-c2coc3cc(OC(C)=O)ccc3c2=O)o1. The van der Waals surface area contributed by atoms with Crippen LogP contribution < -0.4 is 10.2 Å². The molecule has 0 aliphatic rings. The summed E-state index contributed by atoms with van der Waals surface area (Å²) in [6, 6.07) is 7.33. The molecule has 0 saturated carbocycles. The lowest BCUT2D eigenvalue weighted by Gasteiger charge is -2.03. The van der Waals surface area contributed by atoms with Gasteiger partial charge in [0, 0.05) is 13.0 Å². The van der Waals surface area contributed by atoms with Crippen molar-refractivity contribution in [3.63, 3.8) is 0 Å². The summed E-state index contributed by atoms with van der Waals surface area (Å²) >= 11 is 0. The second kappa shape index (κ2) is 6.04. The smallest absolute Gasteiger partial charge is 0.373 e. The minimum atomic E-state index is -0.641. The maximum Gasteiger partial charge on any atom is 0.373 e. The number of benzene rings is 1. The van der Waals surface area contributed by atoms with Gasteiger partial charge >= 0.3 is 11.9 Å². The fourth-order valence-electron chi connectivity index (χ4n) is 2.20. The average Bonchev–Trinajstić information content (AvgIpc) is 3.03. The topological polar surface area (TPSA) is 96.0 Å². The highest BCUT2D eigenvalue weighted by atomic mass is 16.5. The van der Waals surface area contributed by atoms with E-state index in [2.05, 4.69) is 4.74 Å². The monoisotopic (exact) mass is 328 g/mol. The Kier molecular flexibility index (Phi) is 3.91. The maximum absolute atomic E-state index is 12.6. The summed E-state index contributed by atoms with van der Waals surface area (Å²) in [7, 11) is 1.23. The molecule has 1 aromatic carbocycles. The maximum atomic E-state index is 12.6. The molecule has 0 saturated heterocycles. The molecule has 0 aliphatic carbocycles. The van der Waals surface area contributed by atoms with Gasteiger partial charge in [0.1, 0.15) is 28.9 Å². The highest BCUT2D eigenvalue weighted by molar-refractivity contribution is 5.87. The largest absolute Gasteiger partial charge is 0.463 e. The zero-order chi connectivity index (χ0) is 17.3. The van der Waals surface area contributed by atoms with Crippen LogP contribution in [-0.4, -0.2) is 19.0 Å². The van der Waals surface area contributed by atoms with E-state index < -0.39 is 11.9 Å². The first-order valence-corrected chi connectivity index (χ1v) is 6.92. The van der Waals surface area contributed by atoms with Gasteiger partial charge in [-0.15, -0.1) is 0 Å². The van der Waals surface area contributed by atoms with Crippen LogP contribution in [0.25, 0.3) is 22.3 Å². The van der Waals surface area contributed by atoms with E-state index >= 15 is 0 Å². The Labute approximate surface area is 135 Å². The second-order valence-electron chi connectivity index (χ2n) is 4.89. The standard InChI is InChI=1S/C17H12O7/c1-9(18)23-10-3-4-11-15(7-10)22-8-12(16(11)19)13-5-6-14(24-13)17(20)21-2/h3-8H,1-2H3. The predicted molar refractivity (Wildman–Crippen MR) is 82.8 cm³/mol. The lowest BCUT2D eigenvalue weighted by Crippen LogP contribution is -2.05. The molecule has 0 unspecified atom stereocenters. The third kappa shape index (κ3) is 2.79. The van der Waals surface area contributed by atoms with Crippen LogP contribution in [0, 0.1) is 0 Å². The van der Waals surface area contributed by atoms with Crippen molar-refractivity contribution in [3.05, 3.63) is 52.6 Å². The molecule has 0 spiro atoms. The number of methoxy groups -OCH3 is 1. The molecule has 0 aliphatic heterocycles. The quantitative estimate of drug-likeness (QED) is 0.539. The highest BCUT2D eigenvalue weighted by Gasteiger charge is 2.16. The molecule has 2 aromatic heterocycles. The Morgan fingerprint density at radius 3 is 2.62 bits per heavy atom. The molecule has 24 heavy (non-hydrogen) atoms. The normalized spacial score (nSPS) is 10.6. The van der Waals surface area contributed by atoms with Crippen LogP contribution in [0.2, 0.25) is 0 Å². The summed E-state index contributed by atoms with van der Waals surface area (Å²) in [4.78, 5) is 35.0. The molecule has 0 N–H and O–H groups in total. The van der Waals surface area contributed by atoms with Gasteiger partial charge in [0.2, 0.25) is 11.2 Å². The van der Waals surface area contributed by atoms with E-state index in [1.165, 1.54) is 50.6 Å². The van der Waals surface area contributed by atoms with Gasteiger partial charge in [0.15, 0.2) is 0 Å². The Morgan fingerprint density at radius 1 is 1.12 bits per heavy atom. The Morgan fingerprint density at radius 2 is 1.92 bits per heavy atom. The van der Waals surface area contributed by atoms with Crippen molar-refractivity contribution in [1.82, 2.24) is 0 Å². The van der Waals surface area contributed by atoms with Crippen molar-refractivity contribution in [2.45, 2.75) is 6.92 Å². The van der Waals surface area contributed by atoms with Crippen LogP contribution in [0.4, 0.5) is 0 Å². The number of fused-ring (bicyclic) bond motifs is 1. The van der Waals surface area contributed by atoms with E-state index in [0.717, 1.165) is 0 Å². The van der Waals surface area contributed by atoms with Crippen LogP contribution in [0.15, 0.2) is 50.2 Å². The van der Waals surface area contributed by atoms with Gasteiger partial charge in [-0.25, -0.2) is 4.79 Å². The Bertz CT molecular complexity index is 994. The lowest BCUT2D eigenvalue weighted by atomic mass is 10.1. The third-order valence-corrected chi connectivity index (χ3v) is 3.27. The van der Waals surface area contributed by atoms with Gasteiger partial charge in [0.05, 0.1) is 12.5 Å². The molecule has 122 valence electrons. The average molecular weight is 328 g/mol. The zero-order valence-electron chi connectivity index (χ0n) is 12.8. The Balaban J connectivity index is 2.06. The van der Waals surface area contributed by atoms with Crippen molar-refractivity contribution in [2.24, 2.45) is 0 Å². The molecule has 7 nitrogen and oxygen atoms in total. The molecule has 3 aromatic rings. The number of hydrogen-bond donors (Lipinski definition) is 0. The summed E-state index contributed by atoms with van der Waals surface area (Å²) in [6.45, 7) is 1.28. The van der Waals surface area contributed by atoms with E-state index in [1.807, 2.05) is 0 Å². The Hall–Kier alpha value is -3.35. The first-order chi connectivity index (χ1) is 11.5. The molecule has 0 fully saturated rings. The summed E-state index contributed by atoms with van der Waals surface area (Å²) < 4.78 is 20.3. The molecule has 0 bridgehead atoms. The number of furan rings is 1. The van der Waals surface area contributed by atoms with Crippen molar-refractivity contribution in [1.29, 1.82) is 0 Å². The molecular formula is C17H12O7. The van der Waals surface area contributed by atoms with E-state index in [-0.39, 0.29) is 33.8 Å². The number of carbonyl (C=O) groups excluding carboxylic acids is 2. The minimum absolute atomic E-state index is 0.0165. The van der Waals surface area contributed by atoms with Gasteiger partial charge in [-0.1, -0.05) is 0 Å². The molecule has 3 rings (SSSR count). The molecule has 0 radical (unpaired) electrons. The van der Waals surface area contributed by atoms with E-state index in [9.17, 15) is 14.4 Å². The van der Waals surface area contributed by atoms with Crippen molar-refractivity contribution in [3.8, 4) is 17.1 Å². The summed E-state index contributed by atoms with van der Waals surface area (Å²) in [5.74, 6) is -0.666. The molecule has 7 heteroatoms. The molecule has 0 atom stereocenters. The third-order valence-electron chi connectivity index (χ3n) is 3.27. The van der Waals surface area contributed by atoms with E-state index in [0.29, 0.717) is 5.39 Å². The van der Waals surface area contributed by atoms with Crippen LogP contribution in [0.5, 0.6) is 5.75 Å². The lowest BCUT2D eigenvalue weighted by molar-refractivity contribution is -0.131.